The van der Waals surface area contributed by atoms with Crippen LogP contribution in [0.4, 0.5) is 0 Å². The van der Waals surface area contributed by atoms with Crippen LogP contribution in [0.5, 0.6) is 0 Å². The van der Waals surface area contributed by atoms with Gasteiger partial charge >= 0.3 is 11.9 Å². The molecule has 0 aromatic heterocycles. The van der Waals surface area contributed by atoms with Gasteiger partial charge in [0.25, 0.3) is 0 Å². The molecule has 0 rings (SSSR count). The highest BCUT2D eigenvalue weighted by molar-refractivity contribution is 5.70. The first-order chi connectivity index (χ1) is 21.6. The molecule has 0 aromatic rings. The maximum atomic E-state index is 10.9. The van der Waals surface area contributed by atoms with Crippen LogP contribution in [0.25, 0.3) is 0 Å². The van der Waals surface area contributed by atoms with Gasteiger partial charge in [-0.15, -0.1) is 0 Å². The van der Waals surface area contributed by atoms with E-state index in [1.165, 1.54) is 0 Å². The van der Waals surface area contributed by atoms with Gasteiger partial charge in [0.2, 0.25) is 0 Å². The topological polar surface area (TPSA) is 165 Å². The average molecular weight is 647 g/mol. The largest absolute Gasteiger partial charge is 0.464 e. The Labute approximate surface area is 262 Å². The van der Waals surface area contributed by atoms with Gasteiger partial charge in [-0.2, -0.15) is 0 Å². The number of aliphatic hydroxyl groups is 1. The first-order valence-electron chi connectivity index (χ1n) is 15.3. The molecule has 1 N–H and O–H groups in total. The van der Waals surface area contributed by atoms with Gasteiger partial charge in [-0.3, -0.25) is 0 Å². The number of esters is 2. The summed E-state index contributed by atoms with van der Waals surface area (Å²) in [6.45, 7) is 15.1. The Hall–Kier alpha value is -1.50. The van der Waals surface area contributed by atoms with E-state index in [1.54, 1.807) is 13.8 Å². The highest BCUT2D eigenvalue weighted by atomic mass is 16.6. The molecule has 0 saturated carbocycles. The molecule has 15 heteroatoms. The number of carbonyl (C=O) groups is 2. The Morgan fingerprint density at radius 1 is 0.386 bits per heavy atom. The van der Waals surface area contributed by atoms with Crippen LogP contribution in [0.2, 0.25) is 0 Å². The van der Waals surface area contributed by atoms with Gasteiger partial charge < -0.3 is 61.9 Å². The molecule has 0 amide bonds. The molecule has 0 bridgehead atoms. The van der Waals surface area contributed by atoms with E-state index in [2.05, 4.69) is 6.92 Å². The quantitative estimate of drug-likeness (QED) is 0.0765. The lowest BCUT2D eigenvalue weighted by molar-refractivity contribution is -0.149. The third-order valence-electron chi connectivity index (χ3n) is 4.61. The lowest BCUT2D eigenvalue weighted by Crippen LogP contribution is -2.16. The third kappa shape index (κ3) is 42.6. The molecule has 15 nitrogen and oxygen atoms in total. The molecule has 0 unspecified atom stereocenters. The van der Waals surface area contributed by atoms with Crippen LogP contribution in [-0.4, -0.2) is 169 Å². The second-order valence-corrected chi connectivity index (χ2v) is 8.34. The average Bonchev–Trinajstić information content (AvgIpc) is 3.01. The van der Waals surface area contributed by atoms with E-state index in [0.29, 0.717) is 126 Å². The van der Waals surface area contributed by atoms with Crippen LogP contribution >= 0.6 is 0 Å². The second kappa shape index (κ2) is 41.5. The predicted molar refractivity (Wildman–Crippen MR) is 159 cm³/mol. The van der Waals surface area contributed by atoms with Crippen molar-refractivity contribution in [2.45, 2.75) is 27.2 Å². The first kappa shape index (κ1) is 44.6. The zero-order valence-corrected chi connectivity index (χ0v) is 27.1. The van der Waals surface area contributed by atoms with Crippen molar-refractivity contribution in [2.24, 2.45) is 0 Å². The summed E-state index contributed by atoms with van der Waals surface area (Å²) < 4.78 is 61.6. The van der Waals surface area contributed by atoms with Gasteiger partial charge in [-0.1, -0.05) is 6.92 Å². The monoisotopic (exact) mass is 646 g/mol. The predicted octanol–water partition coefficient (Wildman–Crippen LogP) is 0.667. The van der Waals surface area contributed by atoms with Gasteiger partial charge in [0, 0.05) is 6.61 Å². The normalized spacial score (nSPS) is 10.8. The van der Waals surface area contributed by atoms with Crippen molar-refractivity contribution in [3.63, 3.8) is 0 Å². The molecule has 0 heterocycles. The SMILES string of the molecule is CCCOCCOCCOCCOCCOCC(=O)OCC.CCOC(=O)COCCOCCOCCOCCOCCO. The summed E-state index contributed by atoms with van der Waals surface area (Å²) in [5.74, 6) is -0.724. The van der Waals surface area contributed by atoms with Crippen molar-refractivity contribution in [1.29, 1.82) is 0 Å². The van der Waals surface area contributed by atoms with Crippen molar-refractivity contribution in [1.82, 2.24) is 0 Å². The fourth-order valence-corrected chi connectivity index (χ4v) is 2.68. The number of aliphatic hydroxyl groups excluding tert-OH is 1. The van der Waals surface area contributed by atoms with E-state index in [-0.39, 0.29) is 31.8 Å². The Morgan fingerprint density at radius 2 is 0.636 bits per heavy atom. The van der Waals surface area contributed by atoms with E-state index < -0.39 is 0 Å². The van der Waals surface area contributed by atoms with Crippen molar-refractivity contribution >= 4 is 11.9 Å². The number of hydrogen-bond donors (Lipinski definition) is 1. The summed E-state index contributed by atoms with van der Waals surface area (Å²) in [7, 11) is 0. The van der Waals surface area contributed by atoms with Crippen LogP contribution in [0.15, 0.2) is 0 Å². The van der Waals surface area contributed by atoms with Gasteiger partial charge in [-0.05, 0) is 20.3 Å². The van der Waals surface area contributed by atoms with Crippen LogP contribution in [0, 0.1) is 0 Å². The summed E-state index contributed by atoms with van der Waals surface area (Å²) in [5, 5.41) is 8.48. The maximum absolute atomic E-state index is 10.9. The van der Waals surface area contributed by atoms with E-state index >= 15 is 0 Å². The van der Waals surface area contributed by atoms with Crippen molar-refractivity contribution in [3.8, 4) is 0 Å². The molecule has 0 fully saturated rings. The third-order valence-corrected chi connectivity index (χ3v) is 4.61. The molecular weight excluding hydrogens is 588 g/mol. The molecule has 0 aliphatic rings. The molecular formula is C29H58O15. The van der Waals surface area contributed by atoms with E-state index in [1.807, 2.05) is 0 Å². The standard InChI is InChI=1S/C15H30O7.C14H28O8/c1-3-5-17-6-7-18-8-9-19-10-11-20-12-13-21-14-15(16)22-4-2;1-2-22-14(16)13-21-12-11-20-10-9-19-8-7-18-6-5-17-4-3-15/h3-14H2,1-2H3;15H,2-13H2,1H3. The lowest BCUT2D eigenvalue weighted by atomic mass is 10.5. The zero-order chi connectivity index (χ0) is 32.6. The molecule has 0 aromatic carbocycles. The lowest BCUT2D eigenvalue weighted by Gasteiger charge is -2.07. The Balaban J connectivity index is 0. The Bertz CT molecular complexity index is 521. The van der Waals surface area contributed by atoms with E-state index in [0.717, 1.165) is 13.0 Å². The summed E-state index contributed by atoms with van der Waals surface area (Å²) in [4.78, 5) is 21.9. The fourth-order valence-electron chi connectivity index (χ4n) is 2.68. The van der Waals surface area contributed by atoms with Crippen molar-refractivity contribution in [3.05, 3.63) is 0 Å². The van der Waals surface area contributed by atoms with Gasteiger partial charge in [0.05, 0.1) is 132 Å². The number of ether oxygens (including phenoxy) is 12. The number of rotatable bonds is 34. The van der Waals surface area contributed by atoms with Gasteiger partial charge in [0.1, 0.15) is 13.2 Å². The molecule has 264 valence electrons. The van der Waals surface area contributed by atoms with E-state index in [4.69, 9.17) is 61.9 Å². The van der Waals surface area contributed by atoms with E-state index in [9.17, 15) is 9.59 Å². The number of hydrogen-bond acceptors (Lipinski definition) is 15. The molecule has 0 atom stereocenters. The molecule has 0 saturated heterocycles. The summed E-state index contributed by atoms with van der Waals surface area (Å²) >= 11 is 0. The smallest absolute Gasteiger partial charge is 0.332 e. The van der Waals surface area contributed by atoms with Crippen LogP contribution in [-0.2, 0) is 66.4 Å². The highest BCUT2D eigenvalue weighted by Crippen LogP contribution is 1.87. The zero-order valence-electron chi connectivity index (χ0n) is 27.1. The molecule has 44 heavy (non-hydrogen) atoms. The summed E-state index contributed by atoms with van der Waals surface area (Å²) in [6, 6.07) is 0. The first-order valence-corrected chi connectivity index (χ1v) is 15.3. The minimum Gasteiger partial charge on any atom is -0.464 e. The molecule has 0 radical (unpaired) electrons. The summed E-state index contributed by atoms with van der Waals surface area (Å²) in [6.07, 6.45) is 1.02. The van der Waals surface area contributed by atoms with Gasteiger partial charge in [-0.25, -0.2) is 9.59 Å². The van der Waals surface area contributed by atoms with Crippen molar-refractivity contribution < 1.29 is 71.5 Å². The van der Waals surface area contributed by atoms with Crippen LogP contribution in [0.1, 0.15) is 27.2 Å². The maximum Gasteiger partial charge on any atom is 0.332 e. The number of carbonyl (C=O) groups excluding carboxylic acids is 2. The fraction of sp³-hybridized carbons (Fsp3) is 0.931. The van der Waals surface area contributed by atoms with Gasteiger partial charge in [0.15, 0.2) is 0 Å². The molecule has 0 spiro atoms. The second-order valence-electron chi connectivity index (χ2n) is 8.34. The Morgan fingerprint density at radius 3 is 0.886 bits per heavy atom. The summed E-state index contributed by atoms with van der Waals surface area (Å²) in [5.41, 5.74) is 0. The van der Waals surface area contributed by atoms with Crippen LogP contribution < -0.4 is 0 Å². The van der Waals surface area contributed by atoms with Crippen molar-refractivity contribution in [2.75, 3.05) is 152 Å². The highest BCUT2D eigenvalue weighted by Gasteiger charge is 2.01. The van der Waals surface area contributed by atoms with Crippen LogP contribution in [0.3, 0.4) is 0 Å². The minimum atomic E-state index is -0.368. The Kier molecular flexibility index (Phi) is 42.1. The minimum absolute atomic E-state index is 0.0248. The molecule has 0 aliphatic carbocycles. The molecule has 0 aliphatic heterocycles.